The van der Waals surface area contributed by atoms with Crippen molar-refractivity contribution in [3.8, 4) is 0 Å². The lowest BCUT2D eigenvalue weighted by atomic mass is 9.87. The molecule has 32 heavy (non-hydrogen) atoms. The summed E-state index contributed by atoms with van der Waals surface area (Å²) >= 11 is 0. The van der Waals surface area contributed by atoms with Crippen LogP contribution in [0.3, 0.4) is 0 Å². The predicted molar refractivity (Wildman–Crippen MR) is 144 cm³/mol. The summed E-state index contributed by atoms with van der Waals surface area (Å²) in [5.41, 5.74) is 2.87. The van der Waals surface area contributed by atoms with Crippen LogP contribution in [0.1, 0.15) is 50.8 Å². The summed E-state index contributed by atoms with van der Waals surface area (Å²) in [7, 11) is 1.97. The number of halogens is 1. The van der Waals surface area contributed by atoms with Crippen molar-refractivity contribution in [1.29, 1.82) is 0 Å². The first-order valence-corrected chi connectivity index (χ1v) is 11.1. The van der Waals surface area contributed by atoms with Gasteiger partial charge in [-0.05, 0) is 42.9 Å². The Kier molecular flexibility index (Phi) is 9.54. The summed E-state index contributed by atoms with van der Waals surface area (Å²) in [6.45, 7) is 15.7. The zero-order chi connectivity index (χ0) is 22.4. The van der Waals surface area contributed by atoms with Crippen molar-refractivity contribution < 1.29 is 0 Å². The lowest BCUT2D eigenvalue weighted by molar-refractivity contribution is 0.461. The zero-order valence-electron chi connectivity index (χ0n) is 20.1. The molecule has 2 aromatic rings. The minimum atomic E-state index is 0. The van der Waals surface area contributed by atoms with E-state index in [1.165, 1.54) is 11.3 Å². The van der Waals surface area contributed by atoms with Gasteiger partial charge in [-0.2, -0.15) is 0 Å². The van der Waals surface area contributed by atoms with Crippen LogP contribution < -0.4 is 15.5 Å². The molecule has 2 N–H and O–H groups in total. The monoisotopic (exact) mass is 551 g/mol. The molecule has 1 fully saturated rings. The lowest BCUT2D eigenvalue weighted by Crippen LogP contribution is -2.48. The molecule has 1 saturated heterocycles. The fourth-order valence-corrected chi connectivity index (χ4v) is 3.71. The van der Waals surface area contributed by atoms with E-state index in [0.717, 1.165) is 43.5 Å². The maximum absolute atomic E-state index is 4.72. The van der Waals surface area contributed by atoms with Crippen LogP contribution in [0.25, 0.3) is 0 Å². The highest BCUT2D eigenvalue weighted by molar-refractivity contribution is 14.0. The number of aromatic nitrogens is 3. The molecule has 7 nitrogen and oxygen atoms in total. The van der Waals surface area contributed by atoms with Gasteiger partial charge in [0.25, 0.3) is 0 Å². The van der Waals surface area contributed by atoms with Crippen LogP contribution in [-0.2, 0) is 19.0 Å². The Labute approximate surface area is 209 Å². The highest BCUT2D eigenvalue weighted by atomic mass is 127. The summed E-state index contributed by atoms with van der Waals surface area (Å²) in [6.07, 6.45) is 3.98. The summed E-state index contributed by atoms with van der Waals surface area (Å²) in [6, 6.07) is 9.43. The van der Waals surface area contributed by atoms with Crippen molar-refractivity contribution >= 4 is 35.6 Å². The van der Waals surface area contributed by atoms with Crippen molar-refractivity contribution in [1.82, 2.24) is 25.4 Å². The molecule has 1 aliphatic rings. The Morgan fingerprint density at radius 2 is 1.84 bits per heavy atom. The Morgan fingerprint density at radius 1 is 1.19 bits per heavy atom. The maximum Gasteiger partial charge on any atom is 0.192 e. The van der Waals surface area contributed by atoms with Crippen molar-refractivity contribution in [2.75, 3.05) is 24.5 Å². The molecule has 0 saturated carbocycles. The van der Waals surface area contributed by atoms with Crippen molar-refractivity contribution in [2.45, 2.75) is 58.5 Å². The first-order chi connectivity index (χ1) is 14.8. The van der Waals surface area contributed by atoms with Gasteiger partial charge in [0.1, 0.15) is 12.4 Å². The normalized spacial score (nSPS) is 15.3. The number of hydrogen-bond acceptors (Lipinski definition) is 4. The molecule has 0 atom stereocenters. The van der Waals surface area contributed by atoms with E-state index in [9.17, 15) is 0 Å². The van der Waals surface area contributed by atoms with Gasteiger partial charge in [-0.1, -0.05) is 39.0 Å². The number of aryl methyl sites for hydroxylation is 1. The highest BCUT2D eigenvalue weighted by Crippen LogP contribution is 2.26. The molecule has 2 heterocycles. The van der Waals surface area contributed by atoms with Crippen LogP contribution in [0.4, 0.5) is 5.69 Å². The van der Waals surface area contributed by atoms with E-state index in [4.69, 9.17) is 4.99 Å². The molecule has 0 radical (unpaired) electrons. The quantitative estimate of drug-likeness (QED) is 0.247. The molecule has 3 rings (SSSR count). The SMILES string of the molecule is C=CCNC(=NCc1nnc(C)n1C)NC1CCN(c2ccc(C(C)(C)C)cc2)CC1.I. The van der Waals surface area contributed by atoms with Gasteiger partial charge in [0.05, 0.1) is 0 Å². The zero-order valence-corrected chi connectivity index (χ0v) is 22.4. The smallest absolute Gasteiger partial charge is 0.192 e. The minimum Gasteiger partial charge on any atom is -0.371 e. The maximum atomic E-state index is 4.72. The van der Waals surface area contributed by atoms with E-state index in [1.54, 1.807) is 0 Å². The third-order valence-corrected chi connectivity index (χ3v) is 5.91. The van der Waals surface area contributed by atoms with E-state index >= 15 is 0 Å². The molecule has 1 aromatic heterocycles. The number of hydrogen-bond donors (Lipinski definition) is 2. The second-order valence-corrected chi connectivity index (χ2v) is 9.26. The Morgan fingerprint density at radius 3 is 2.38 bits per heavy atom. The van der Waals surface area contributed by atoms with Gasteiger partial charge in [-0.3, -0.25) is 0 Å². The van der Waals surface area contributed by atoms with E-state index in [1.807, 2.05) is 24.6 Å². The third kappa shape index (κ3) is 6.95. The molecule has 176 valence electrons. The van der Waals surface area contributed by atoms with Crippen molar-refractivity contribution in [3.63, 3.8) is 0 Å². The molecule has 0 amide bonds. The Balaban J connectivity index is 0.00000363. The molecule has 0 unspecified atom stereocenters. The van der Waals surface area contributed by atoms with Crippen LogP contribution in [0, 0.1) is 6.92 Å². The molecule has 1 aromatic carbocycles. The van der Waals surface area contributed by atoms with Crippen LogP contribution >= 0.6 is 24.0 Å². The van der Waals surface area contributed by atoms with E-state index < -0.39 is 0 Å². The number of nitrogens with zero attached hydrogens (tertiary/aromatic N) is 5. The van der Waals surface area contributed by atoms with Crippen molar-refractivity contribution in [3.05, 3.63) is 54.1 Å². The van der Waals surface area contributed by atoms with Crippen LogP contribution in [0.15, 0.2) is 41.9 Å². The second kappa shape index (κ2) is 11.7. The van der Waals surface area contributed by atoms with Gasteiger partial charge in [0.2, 0.25) is 0 Å². The minimum absolute atomic E-state index is 0. The van der Waals surface area contributed by atoms with Crippen LogP contribution in [-0.4, -0.2) is 46.4 Å². The summed E-state index contributed by atoms with van der Waals surface area (Å²) in [5, 5.41) is 15.2. The summed E-state index contributed by atoms with van der Waals surface area (Å²) in [5.74, 6) is 2.54. The van der Waals surface area contributed by atoms with E-state index in [0.29, 0.717) is 19.1 Å². The van der Waals surface area contributed by atoms with Gasteiger partial charge in [0, 0.05) is 38.4 Å². The average molecular weight is 552 g/mol. The lowest BCUT2D eigenvalue weighted by Gasteiger charge is -2.35. The number of guanidine groups is 1. The largest absolute Gasteiger partial charge is 0.371 e. The fraction of sp³-hybridized carbons (Fsp3) is 0.542. The first kappa shape index (κ1) is 26.2. The molecule has 8 heteroatoms. The molecule has 1 aliphatic heterocycles. The summed E-state index contributed by atoms with van der Waals surface area (Å²) in [4.78, 5) is 7.19. The molecule has 0 bridgehead atoms. The number of aliphatic imine (C=N–C) groups is 1. The first-order valence-electron chi connectivity index (χ1n) is 11.1. The van der Waals surface area contributed by atoms with Gasteiger partial charge in [-0.25, -0.2) is 4.99 Å². The Hall–Kier alpha value is -2.10. The number of rotatable bonds is 6. The van der Waals surface area contributed by atoms with E-state index in [2.05, 4.69) is 77.3 Å². The van der Waals surface area contributed by atoms with Gasteiger partial charge in [-0.15, -0.1) is 40.8 Å². The summed E-state index contributed by atoms with van der Waals surface area (Å²) < 4.78 is 1.97. The fourth-order valence-electron chi connectivity index (χ4n) is 3.71. The molecular weight excluding hydrogens is 513 g/mol. The average Bonchev–Trinajstić information content (AvgIpc) is 3.08. The predicted octanol–water partition coefficient (Wildman–Crippen LogP) is 3.93. The number of anilines is 1. The second-order valence-electron chi connectivity index (χ2n) is 9.26. The third-order valence-electron chi connectivity index (χ3n) is 5.91. The van der Waals surface area contributed by atoms with Gasteiger partial charge < -0.3 is 20.1 Å². The molecular formula is C24H38IN7. The van der Waals surface area contributed by atoms with Crippen molar-refractivity contribution in [2.24, 2.45) is 12.0 Å². The van der Waals surface area contributed by atoms with Crippen LogP contribution in [0.5, 0.6) is 0 Å². The number of nitrogens with one attached hydrogen (secondary N) is 2. The molecule has 0 aliphatic carbocycles. The number of piperidine rings is 1. The Bertz CT molecular complexity index is 888. The van der Waals surface area contributed by atoms with Crippen LogP contribution in [0.2, 0.25) is 0 Å². The standard InChI is InChI=1S/C24H37N7.HI/c1-7-14-25-23(26-17-22-29-28-18(2)30(22)6)27-20-12-15-31(16-13-20)21-10-8-19(9-11-21)24(3,4)5;/h7-11,20H,1,12-17H2,2-6H3,(H2,25,26,27);1H. The topological polar surface area (TPSA) is 70.4 Å². The van der Waals surface area contributed by atoms with E-state index in [-0.39, 0.29) is 29.4 Å². The number of benzene rings is 1. The van der Waals surface area contributed by atoms with Gasteiger partial charge in [0.15, 0.2) is 11.8 Å². The highest BCUT2D eigenvalue weighted by Gasteiger charge is 2.21. The molecule has 0 spiro atoms. The van der Waals surface area contributed by atoms with Gasteiger partial charge >= 0.3 is 0 Å².